The lowest BCUT2D eigenvalue weighted by atomic mass is 9.84. The molecule has 3 aliphatic rings. The molecule has 0 aromatic carbocycles. The van der Waals surface area contributed by atoms with Crippen LogP contribution in [0.15, 0.2) is 24.5 Å². The normalized spacial score (nSPS) is 23.1. The highest BCUT2D eigenvalue weighted by Crippen LogP contribution is 2.40. The molecule has 0 N–H and O–H groups in total. The summed E-state index contributed by atoms with van der Waals surface area (Å²) in [4.78, 5) is 33.0. The summed E-state index contributed by atoms with van der Waals surface area (Å²) in [6.07, 6.45) is 10.2. The van der Waals surface area contributed by atoms with Gasteiger partial charge in [0, 0.05) is 50.4 Å². The van der Waals surface area contributed by atoms with Crippen LogP contribution in [0.2, 0.25) is 0 Å². The summed E-state index contributed by atoms with van der Waals surface area (Å²) in [6.45, 7) is 2.23. The quantitative estimate of drug-likeness (QED) is 0.853. The maximum atomic E-state index is 12.4. The Balaban J connectivity index is 1.42. The number of carbonyl (C=O) groups excluding carboxylic acids is 2. The Morgan fingerprint density at radius 2 is 2.04 bits per heavy atom. The van der Waals surface area contributed by atoms with E-state index in [4.69, 9.17) is 0 Å². The first kappa shape index (κ1) is 15.6. The van der Waals surface area contributed by atoms with Crippen molar-refractivity contribution >= 4 is 11.8 Å². The number of nitrogens with zero attached hydrogens (tertiary/aromatic N) is 3. The van der Waals surface area contributed by atoms with Gasteiger partial charge in [0.25, 0.3) is 0 Å². The molecular weight excluding hydrogens is 302 g/mol. The Bertz CT molecular complexity index is 619. The summed E-state index contributed by atoms with van der Waals surface area (Å²) in [5.41, 5.74) is 1.03. The van der Waals surface area contributed by atoms with Crippen LogP contribution in [0.4, 0.5) is 0 Å². The van der Waals surface area contributed by atoms with Crippen molar-refractivity contribution in [1.82, 2.24) is 14.8 Å². The minimum Gasteiger partial charge on any atom is -0.343 e. The standard InChI is InChI=1S/C19H25N3O2/c23-17-5-6-19(22(17)14-16-2-1-9-20-13-16)7-10-21(11-8-19)18(24)12-15-3-4-15/h1-2,9,13,15H,3-8,10-12,14H2. The Morgan fingerprint density at radius 3 is 2.71 bits per heavy atom. The van der Waals surface area contributed by atoms with E-state index in [1.165, 1.54) is 12.8 Å². The molecule has 4 rings (SSSR count). The van der Waals surface area contributed by atoms with Crippen LogP contribution in [-0.4, -0.2) is 45.2 Å². The Labute approximate surface area is 143 Å². The van der Waals surface area contributed by atoms with Crippen molar-refractivity contribution < 1.29 is 9.59 Å². The van der Waals surface area contributed by atoms with Crippen LogP contribution in [0, 0.1) is 5.92 Å². The fraction of sp³-hybridized carbons (Fsp3) is 0.632. The van der Waals surface area contributed by atoms with Gasteiger partial charge in [0.2, 0.25) is 11.8 Å². The van der Waals surface area contributed by atoms with Crippen LogP contribution in [0.25, 0.3) is 0 Å². The molecule has 3 fully saturated rings. The molecule has 1 aliphatic carbocycles. The second-order valence-electron chi connectivity index (χ2n) is 7.59. The average molecular weight is 327 g/mol. The number of amides is 2. The average Bonchev–Trinajstić information content (AvgIpc) is 3.38. The molecule has 1 aromatic heterocycles. The number of pyridine rings is 1. The van der Waals surface area contributed by atoms with Gasteiger partial charge in [-0.25, -0.2) is 0 Å². The van der Waals surface area contributed by atoms with E-state index in [9.17, 15) is 9.59 Å². The lowest BCUT2D eigenvalue weighted by molar-refractivity contribution is -0.137. The highest BCUT2D eigenvalue weighted by Gasteiger charge is 2.47. The highest BCUT2D eigenvalue weighted by molar-refractivity contribution is 5.80. The largest absolute Gasteiger partial charge is 0.343 e. The first-order chi connectivity index (χ1) is 11.7. The molecule has 128 valence electrons. The van der Waals surface area contributed by atoms with Gasteiger partial charge in [0.1, 0.15) is 0 Å². The SMILES string of the molecule is O=C(CC1CC1)N1CCC2(CCC(=O)N2Cc2cccnc2)CC1. The third-order valence-electron chi connectivity index (χ3n) is 5.95. The number of piperidine rings is 1. The topological polar surface area (TPSA) is 53.5 Å². The van der Waals surface area contributed by atoms with Crippen molar-refractivity contribution in [2.45, 2.75) is 57.0 Å². The number of hydrogen-bond acceptors (Lipinski definition) is 3. The zero-order chi connectivity index (χ0) is 16.6. The Kier molecular flexibility index (Phi) is 4.02. The van der Waals surface area contributed by atoms with Gasteiger partial charge in [-0.3, -0.25) is 14.6 Å². The number of hydrogen-bond donors (Lipinski definition) is 0. The van der Waals surface area contributed by atoms with Gasteiger partial charge in [0.05, 0.1) is 0 Å². The van der Waals surface area contributed by atoms with Crippen molar-refractivity contribution in [3.05, 3.63) is 30.1 Å². The van der Waals surface area contributed by atoms with E-state index in [1.54, 1.807) is 6.20 Å². The zero-order valence-electron chi connectivity index (χ0n) is 14.1. The minimum atomic E-state index is -0.0523. The minimum absolute atomic E-state index is 0.0523. The fourth-order valence-corrected chi connectivity index (χ4v) is 4.19. The van der Waals surface area contributed by atoms with Crippen molar-refractivity contribution in [3.63, 3.8) is 0 Å². The summed E-state index contributed by atoms with van der Waals surface area (Å²) in [5, 5.41) is 0. The summed E-state index contributed by atoms with van der Waals surface area (Å²) in [7, 11) is 0. The van der Waals surface area contributed by atoms with Crippen LogP contribution in [-0.2, 0) is 16.1 Å². The maximum Gasteiger partial charge on any atom is 0.223 e. The van der Waals surface area contributed by atoms with Gasteiger partial charge < -0.3 is 9.80 Å². The predicted molar refractivity (Wildman–Crippen MR) is 89.9 cm³/mol. The molecule has 0 atom stereocenters. The van der Waals surface area contributed by atoms with E-state index in [-0.39, 0.29) is 11.4 Å². The second-order valence-corrected chi connectivity index (χ2v) is 7.59. The third kappa shape index (κ3) is 3.04. The molecule has 0 unspecified atom stereocenters. The third-order valence-corrected chi connectivity index (χ3v) is 5.95. The molecule has 1 spiro atoms. The molecular formula is C19H25N3O2. The van der Waals surface area contributed by atoms with Gasteiger partial charge in [-0.2, -0.15) is 0 Å². The molecule has 5 heteroatoms. The molecule has 2 amide bonds. The lowest BCUT2D eigenvalue weighted by Crippen LogP contribution is -2.53. The molecule has 0 bridgehead atoms. The molecule has 1 saturated carbocycles. The summed E-state index contributed by atoms with van der Waals surface area (Å²) < 4.78 is 0. The van der Waals surface area contributed by atoms with Crippen molar-refractivity contribution in [1.29, 1.82) is 0 Å². The van der Waals surface area contributed by atoms with Gasteiger partial charge in [-0.1, -0.05) is 6.07 Å². The number of aromatic nitrogens is 1. The predicted octanol–water partition coefficient (Wildman–Crippen LogP) is 2.37. The fourth-order valence-electron chi connectivity index (χ4n) is 4.19. The van der Waals surface area contributed by atoms with Crippen LogP contribution < -0.4 is 0 Å². The molecule has 1 aromatic rings. The molecule has 5 nitrogen and oxygen atoms in total. The van der Waals surface area contributed by atoms with Crippen molar-refractivity contribution in [2.75, 3.05) is 13.1 Å². The molecule has 0 radical (unpaired) electrons. The molecule has 3 heterocycles. The summed E-state index contributed by atoms with van der Waals surface area (Å²) >= 11 is 0. The van der Waals surface area contributed by atoms with E-state index < -0.39 is 0 Å². The van der Waals surface area contributed by atoms with Gasteiger partial charge in [0.15, 0.2) is 0 Å². The van der Waals surface area contributed by atoms with E-state index in [0.717, 1.165) is 44.3 Å². The zero-order valence-corrected chi connectivity index (χ0v) is 14.1. The molecule has 2 saturated heterocycles. The maximum absolute atomic E-state index is 12.4. The second kappa shape index (κ2) is 6.19. The van der Waals surface area contributed by atoms with Crippen LogP contribution >= 0.6 is 0 Å². The Hall–Kier alpha value is -1.91. The summed E-state index contributed by atoms with van der Waals surface area (Å²) in [6, 6.07) is 3.95. The van der Waals surface area contributed by atoms with Crippen molar-refractivity contribution in [2.24, 2.45) is 5.92 Å². The van der Waals surface area contributed by atoms with E-state index in [1.807, 2.05) is 23.2 Å². The van der Waals surface area contributed by atoms with Crippen molar-refractivity contribution in [3.8, 4) is 0 Å². The molecule has 2 aliphatic heterocycles. The van der Waals surface area contributed by atoms with Crippen LogP contribution in [0.1, 0.15) is 50.5 Å². The van der Waals surface area contributed by atoms with Gasteiger partial charge in [-0.15, -0.1) is 0 Å². The Morgan fingerprint density at radius 1 is 1.25 bits per heavy atom. The lowest BCUT2D eigenvalue weighted by Gasteiger charge is -2.45. The van der Waals surface area contributed by atoms with Gasteiger partial charge in [-0.05, 0) is 49.7 Å². The van der Waals surface area contributed by atoms with E-state index in [0.29, 0.717) is 24.8 Å². The number of rotatable bonds is 4. The molecule has 24 heavy (non-hydrogen) atoms. The smallest absolute Gasteiger partial charge is 0.223 e. The highest BCUT2D eigenvalue weighted by atomic mass is 16.2. The number of likely N-dealkylation sites (tertiary alicyclic amines) is 2. The van der Waals surface area contributed by atoms with E-state index in [2.05, 4.69) is 9.88 Å². The first-order valence-electron chi connectivity index (χ1n) is 9.13. The van der Waals surface area contributed by atoms with Crippen LogP contribution in [0.5, 0.6) is 0 Å². The number of carbonyl (C=O) groups is 2. The summed E-state index contributed by atoms with van der Waals surface area (Å²) in [5.74, 6) is 1.20. The first-order valence-corrected chi connectivity index (χ1v) is 9.13. The van der Waals surface area contributed by atoms with Gasteiger partial charge >= 0.3 is 0 Å². The van der Waals surface area contributed by atoms with Crippen LogP contribution in [0.3, 0.4) is 0 Å². The van der Waals surface area contributed by atoms with E-state index >= 15 is 0 Å². The monoisotopic (exact) mass is 327 g/mol.